The number of benzene rings is 1. The van der Waals surface area contributed by atoms with E-state index in [1.54, 1.807) is 4.90 Å². The third-order valence-electron chi connectivity index (χ3n) is 4.34. The topological polar surface area (TPSA) is 40.6 Å². The molecule has 2 aliphatic rings. The molecule has 1 atom stereocenters. The summed E-state index contributed by atoms with van der Waals surface area (Å²) in [5.74, 6) is 0.0734. The second kappa shape index (κ2) is 5.27. The van der Waals surface area contributed by atoms with Gasteiger partial charge in [-0.15, -0.1) is 0 Å². The number of hydrogen-bond acceptors (Lipinski definition) is 2. The summed E-state index contributed by atoms with van der Waals surface area (Å²) in [6.07, 6.45) is 3.35. The maximum absolute atomic E-state index is 12.5. The third-order valence-corrected chi connectivity index (χ3v) is 4.34. The van der Waals surface area contributed by atoms with Crippen LogP contribution < -0.4 is 0 Å². The Morgan fingerprint density at radius 2 is 1.85 bits per heavy atom. The van der Waals surface area contributed by atoms with Crippen molar-refractivity contribution in [3.8, 4) is 0 Å². The highest BCUT2D eigenvalue weighted by atomic mass is 16.2. The standard InChI is InChI=1S/C16H20N2O2/c1-12(15(19)17-9-5-2-6-10-17)18-11-13-7-3-4-8-14(13)16(18)20/h3-4,7-8,12H,2,5-6,9-11H2,1H3. The van der Waals surface area contributed by atoms with E-state index in [9.17, 15) is 9.59 Å². The molecule has 2 amide bonds. The zero-order valence-electron chi connectivity index (χ0n) is 11.8. The molecule has 3 rings (SSSR count). The maximum atomic E-state index is 12.5. The molecule has 4 nitrogen and oxygen atoms in total. The highest BCUT2D eigenvalue weighted by Gasteiger charge is 2.35. The number of carbonyl (C=O) groups excluding carboxylic acids is 2. The van der Waals surface area contributed by atoms with E-state index in [0.717, 1.165) is 37.1 Å². The van der Waals surface area contributed by atoms with Crippen molar-refractivity contribution in [3.63, 3.8) is 0 Å². The first-order valence-corrected chi connectivity index (χ1v) is 7.36. The maximum Gasteiger partial charge on any atom is 0.255 e. The lowest BCUT2D eigenvalue weighted by Gasteiger charge is -2.32. The molecule has 1 aromatic rings. The van der Waals surface area contributed by atoms with Gasteiger partial charge in [0, 0.05) is 25.2 Å². The third kappa shape index (κ3) is 2.19. The fourth-order valence-electron chi connectivity index (χ4n) is 3.10. The number of likely N-dealkylation sites (tertiary alicyclic amines) is 1. The van der Waals surface area contributed by atoms with E-state index < -0.39 is 0 Å². The molecule has 0 spiro atoms. The molecule has 1 aromatic carbocycles. The van der Waals surface area contributed by atoms with Gasteiger partial charge in [0.1, 0.15) is 6.04 Å². The molecule has 0 aliphatic carbocycles. The van der Waals surface area contributed by atoms with Crippen LogP contribution in [0.3, 0.4) is 0 Å². The van der Waals surface area contributed by atoms with Gasteiger partial charge < -0.3 is 9.80 Å². The summed E-state index contributed by atoms with van der Waals surface area (Å²) < 4.78 is 0. The zero-order chi connectivity index (χ0) is 14.1. The minimum atomic E-state index is -0.368. The van der Waals surface area contributed by atoms with Crippen molar-refractivity contribution in [2.24, 2.45) is 0 Å². The number of fused-ring (bicyclic) bond motifs is 1. The Kier molecular flexibility index (Phi) is 3.47. The smallest absolute Gasteiger partial charge is 0.255 e. The van der Waals surface area contributed by atoms with Crippen LogP contribution in [-0.4, -0.2) is 40.7 Å². The summed E-state index contributed by atoms with van der Waals surface area (Å²) in [7, 11) is 0. The molecule has 106 valence electrons. The van der Waals surface area contributed by atoms with Crippen molar-refractivity contribution in [1.29, 1.82) is 0 Å². The Bertz CT molecular complexity index is 535. The van der Waals surface area contributed by atoms with Crippen molar-refractivity contribution in [2.75, 3.05) is 13.1 Å². The molecule has 4 heteroatoms. The van der Waals surface area contributed by atoms with Crippen molar-refractivity contribution in [1.82, 2.24) is 9.80 Å². The lowest BCUT2D eigenvalue weighted by Crippen LogP contribution is -2.48. The van der Waals surface area contributed by atoms with Crippen molar-refractivity contribution < 1.29 is 9.59 Å². The highest BCUT2D eigenvalue weighted by Crippen LogP contribution is 2.25. The molecule has 0 saturated carbocycles. The Labute approximate surface area is 119 Å². The van der Waals surface area contributed by atoms with Crippen LogP contribution in [0.2, 0.25) is 0 Å². The Morgan fingerprint density at radius 1 is 1.15 bits per heavy atom. The lowest BCUT2D eigenvalue weighted by molar-refractivity contribution is -0.136. The van der Waals surface area contributed by atoms with Crippen LogP contribution in [0.5, 0.6) is 0 Å². The Hall–Kier alpha value is -1.84. The summed E-state index contributed by atoms with van der Waals surface area (Å²) in [4.78, 5) is 28.5. The molecule has 20 heavy (non-hydrogen) atoms. The van der Waals surface area contributed by atoms with Crippen LogP contribution in [0.1, 0.15) is 42.1 Å². The molecule has 1 saturated heterocycles. The molecule has 0 N–H and O–H groups in total. The van der Waals surface area contributed by atoms with Gasteiger partial charge in [-0.1, -0.05) is 18.2 Å². The zero-order valence-corrected chi connectivity index (χ0v) is 11.8. The fourth-order valence-corrected chi connectivity index (χ4v) is 3.10. The minimum Gasteiger partial charge on any atom is -0.341 e. The molecule has 0 bridgehead atoms. The lowest BCUT2D eigenvalue weighted by atomic mass is 10.1. The van der Waals surface area contributed by atoms with E-state index in [-0.39, 0.29) is 17.9 Å². The van der Waals surface area contributed by atoms with Gasteiger partial charge in [0.2, 0.25) is 5.91 Å². The van der Waals surface area contributed by atoms with Gasteiger partial charge >= 0.3 is 0 Å². The SMILES string of the molecule is CC(C(=O)N1CCCCC1)N1Cc2ccccc2C1=O. The molecule has 1 unspecified atom stereocenters. The van der Waals surface area contributed by atoms with Crippen LogP contribution in [-0.2, 0) is 11.3 Å². The molecular weight excluding hydrogens is 252 g/mol. The van der Waals surface area contributed by atoms with Gasteiger partial charge in [-0.3, -0.25) is 9.59 Å². The van der Waals surface area contributed by atoms with Crippen LogP contribution >= 0.6 is 0 Å². The summed E-state index contributed by atoms with van der Waals surface area (Å²) in [5, 5.41) is 0. The van der Waals surface area contributed by atoms with Gasteiger partial charge in [0.25, 0.3) is 5.91 Å². The number of rotatable bonds is 2. The van der Waals surface area contributed by atoms with E-state index in [4.69, 9.17) is 0 Å². The summed E-state index contributed by atoms with van der Waals surface area (Å²) >= 11 is 0. The van der Waals surface area contributed by atoms with Crippen molar-refractivity contribution in [3.05, 3.63) is 35.4 Å². The van der Waals surface area contributed by atoms with Crippen LogP contribution in [0.25, 0.3) is 0 Å². The van der Waals surface area contributed by atoms with Crippen LogP contribution in [0.15, 0.2) is 24.3 Å². The first-order valence-electron chi connectivity index (χ1n) is 7.36. The number of piperidine rings is 1. The van der Waals surface area contributed by atoms with Gasteiger partial charge in [-0.05, 0) is 37.8 Å². The summed E-state index contributed by atoms with van der Waals surface area (Å²) in [5.41, 5.74) is 1.77. The van der Waals surface area contributed by atoms with E-state index in [0.29, 0.717) is 6.54 Å². The molecule has 2 aliphatic heterocycles. The monoisotopic (exact) mass is 272 g/mol. The Morgan fingerprint density at radius 3 is 2.55 bits per heavy atom. The van der Waals surface area contributed by atoms with E-state index >= 15 is 0 Å². The predicted molar refractivity (Wildman–Crippen MR) is 76.2 cm³/mol. The van der Waals surface area contributed by atoms with Gasteiger partial charge in [-0.2, -0.15) is 0 Å². The summed E-state index contributed by atoms with van der Waals surface area (Å²) in [6, 6.07) is 7.25. The molecular formula is C16H20N2O2. The number of nitrogens with zero attached hydrogens (tertiary/aromatic N) is 2. The van der Waals surface area contributed by atoms with Gasteiger partial charge in [0.05, 0.1) is 0 Å². The fraction of sp³-hybridized carbons (Fsp3) is 0.500. The number of amides is 2. The quantitative estimate of drug-likeness (QED) is 0.826. The average molecular weight is 272 g/mol. The number of carbonyl (C=O) groups is 2. The van der Waals surface area contributed by atoms with Crippen molar-refractivity contribution >= 4 is 11.8 Å². The van der Waals surface area contributed by atoms with E-state index in [2.05, 4.69) is 0 Å². The van der Waals surface area contributed by atoms with Gasteiger partial charge in [0.15, 0.2) is 0 Å². The minimum absolute atomic E-state index is 0.0153. The predicted octanol–water partition coefficient (Wildman–Crippen LogP) is 2.04. The normalized spacial score (nSPS) is 19.9. The Balaban J connectivity index is 1.74. The molecule has 2 heterocycles. The number of hydrogen-bond donors (Lipinski definition) is 0. The van der Waals surface area contributed by atoms with E-state index in [1.807, 2.05) is 36.1 Å². The largest absolute Gasteiger partial charge is 0.341 e. The first kappa shape index (κ1) is 13.2. The van der Waals surface area contributed by atoms with Gasteiger partial charge in [-0.25, -0.2) is 0 Å². The highest BCUT2D eigenvalue weighted by molar-refractivity contribution is 6.01. The molecule has 1 fully saturated rings. The first-order chi connectivity index (χ1) is 9.68. The average Bonchev–Trinajstić information content (AvgIpc) is 2.84. The van der Waals surface area contributed by atoms with E-state index in [1.165, 1.54) is 6.42 Å². The van der Waals surface area contributed by atoms with Crippen LogP contribution in [0, 0.1) is 0 Å². The second-order valence-electron chi connectivity index (χ2n) is 5.65. The molecule has 0 aromatic heterocycles. The summed E-state index contributed by atoms with van der Waals surface area (Å²) in [6.45, 7) is 4.06. The van der Waals surface area contributed by atoms with Crippen molar-refractivity contribution in [2.45, 2.75) is 38.8 Å². The second-order valence-corrected chi connectivity index (χ2v) is 5.65. The molecule has 0 radical (unpaired) electrons. The van der Waals surface area contributed by atoms with Crippen LogP contribution in [0.4, 0.5) is 0 Å².